The molecule has 0 spiro atoms. The van der Waals surface area contributed by atoms with E-state index < -0.39 is 0 Å². The summed E-state index contributed by atoms with van der Waals surface area (Å²) in [6.07, 6.45) is 4.85. The molecule has 3 rings (SSSR count). The minimum absolute atomic E-state index is 0.0748. The molecule has 2 atom stereocenters. The highest BCUT2D eigenvalue weighted by molar-refractivity contribution is 8.15. The fourth-order valence-corrected chi connectivity index (χ4v) is 3.74. The summed E-state index contributed by atoms with van der Waals surface area (Å²) < 4.78 is 0. The zero-order chi connectivity index (χ0) is 12.7. The van der Waals surface area contributed by atoms with Crippen LogP contribution in [0.1, 0.15) is 35.6 Å². The maximum atomic E-state index is 11.8. The summed E-state index contributed by atoms with van der Waals surface area (Å²) in [7, 11) is 0. The van der Waals surface area contributed by atoms with E-state index in [0.717, 1.165) is 42.3 Å². The molecular weight excluding hydrogens is 248 g/mol. The molecule has 1 saturated heterocycles. The number of carbonyl (C=O) groups excluding carboxylic acids is 2. The molecule has 0 radical (unpaired) electrons. The van der Waals surface area contributed by atoms with Crippen LogP contribution in [0.5, 0.6) is 0 Å². The van der Waals surface area contributed by atoms with Crippen LogP contribution in [0.2, 0.25) is 0 Å². The molecule has 4 nitrogen and oxygen atoms in total. The van der Waals surface area contributed by atoms with Crippen LogP contribution in [0, 0.1) is 6.92 Å². The number of aromatic nitrogens is 1. The Morgan fingerprint density at radius 3 is 3.00 bits per heavy atom. The largest absolute Gasteiger partial charge is 0.286 e. The van der Waals surface area contributed by atoms with Gasteiger partial charge in [0.25, 0.3) is 5.24 Å². The third-order valence-electron chi connectivity index (χ3n) is 3.53. The molecule has 0 aromatic carbocycles. The molecule has 2 heterocycles. The number of imide groups is 1. The number of amides is 2. The molecule has 1 aromatic heterocycles. The second kappa shape index (κ2) is 4.39. The second-order valence-electron chi connectivity index (χ2n) is 4.87. The number of hydrogen-bond donors (Lipinski definition) is 1. The summed E-state index contributed by atoms with van der Waals surface area (Å²) >= 11 is 1.11. The quantitative estimate of drug-likeness (QED) is 0.842. The van der Waals surface area contributed by atoms with Gasteiger partial charge < -0.3 is 0 Å². The van der Waals surface area contributed by atoms with E-state index in [2.05, 4.69) is 16.4 Å². The molecule has 1 aromatic rings. The lowest BCUT2D eigenvalue weighted by molar-refractivity contribution is -0.119. The molecule has 1 aliphatic heterocycles. The Hall–Kier alpha value is -1.36. The molecule has 1 fully saturated rings. The Labute approximate surface area is 110 Å². The molecule has 1 aliphatic carbocycles. The van der Waals surface area contributed by atoms with Crippen molar-refractivity contribution in [1.82, 2.24) is 10.3 Å². The maximum Gasteiger partial charge on any atom is 0.286 e. The van der Waals surface area contributed by atoms with Crippen molar-refractivity contribution in [2.75, 3.05) is 0 Å². The average molecular weight is 262 g/mol. The number of rotatable bonds is 1. The Morgan fingerprint density at radius 2 is 2.28 bits per heavy atom. The van der Waals surface area contributed by atoms with Crippen LogP contribution in [0.4, 0.5) is 4.79 Å². The van der Waals surface area contributed by atoms with Crippen LogP contribution in [0.25, 0.3) is 0 Å². The van der Waals surface area contributed by atoms with Gasteiger partial charge in [-0.2, -0.15) is 0 Å². The number of thioether (sulfide) groups is 1. The lowest BCUT2D eigenvalue weighted by Gasteiger charge is -2.26. The SMILES string of the molecule is Cc1cnc2c(c1)CCC[C@H]2C1SC(=O)NC1=O. The van der Waals surface area contributed by atoms with Crippen molar-refractivity contribution in [3.8, 4) is 0 Å². The topological polar surface area (TPSA) is 59.1 Å². The first-order valence-electron chi connectivity index (χ1n) is 6.12. The van der Waals surface area contributed by atoms with Gasteiger partial charge >= 0.3 is 0 Å². The number of fused-ring (bicyclic) bond motifs is 1. The molecule has 2 amide bonds. The van der Waals surface area contributed by atoms with E-state index in [1.165, 1.54) is 5.56 Å². The Morgan fingerprint density at radius 1 is 1.44 bits per heavy atom. The molecule has 18 heavy (non-hydrogen) atoms. The fourth-order valence-electron chi connectivity index (χ4n) is 2.75. The van der Waals surface area contributed by atoms with Crippen molar-refractivity contribution in [2.45, 2.75) is 37.4 Å². The van der Waals surface area contributed by atoms with Gasteiger partial charge in [-0.15, -0.1) is 0 Å². The van der Waals surface area contributed by atoms with E-state index in [1.54, 1.807) is 0 Å². The molecule has 1 N–H and O–H groups in total. The zero-order valence-electron chi connectivity index (χ0n) is 10.1. The van der Waals surface area contributed by atoms with E-state index in [4.69, 9.17) is 0 Å². The summed E-state index contributed by atoms with van der Waals surface area (Å²) in [5, 5.41) is 1.83. The Balaban J connectivity index is 1.96. The first-order chi connectivity index (χ1) is 8.65. The summed E-state index contributed by atoms with van der Waals surface area (Å²) in [4.78, 5) is 27.6. The van der Waals surface area contributed by atoms with Crippen LogP contribution in [0.3, 0.4) is 0 Å². The molecular formula is C13H14N2O2S. The van der Waals surface area contributed by atoms with Crippen molar-refractivity contribution in [3.05, 3.63) is 29.1 Å². The van der Waals surface area contributed by atoms with Gasteiger partial charge in [-0.1, -0.05) is 17.8 Å². The molecule has 5 heteroatoms. The predicted octanol–water partition coefficient (Wildman–Crippen LogP) is 2.16. The molecule has 1 unspecified atom stereocenters. The zero-order valence-corrected chi connectivity index (χ0v) is 10.9. The predicted molar refractivity (Wildman–Crippen MR) is 69.6 cm³/mol. The van der Waals surface area contributed by atoms with Gasteiger partial charge in [-0.3, -0.25) is 19.9 Å². The molecule has 0 saturated carbocycles. The molecule has 94 valence electrons. The number of aryl methyl sites for hydroxylation is 2. The van der Waals surface area contributed by atoms with E-state index in [9.17, 15) is 9.59 Å². The van der Waals surface area contributed by atoms with Crippen LogP contribution in [0.15, 0.2) is 12.3 Å². The first kappa shape index (κ1) is 11.7. The minimum atomic E-state index is -0.299. The van der Waals surface area contributed by atoms with Gasteiger partial charge in [0.05, 0.1) is 0 Å². The maximum absolute atomic E-state index is 11.8. The van der Waals surface area contributed by atoms with E-state index in [0.29, 0.717) is 0 Å². The lowest BCUT2D eigenvalue weighted by atomic mass is 9.83. The smallest absolute Gasteiger partial charge is 0.286 e. The summed E-state index contributed by atoms with van der Waals surface area (Å²) in [6.45, 7) is 2.03. The van der Waals surface area contributed by atoms with Gasteiger partial charge in [-0.25, -0.2) is 0 Å². The van der Waals surface area contributed by atoms with Crippen molar-refractivity contribution in [2.24, 2.45) is 0 Å². The van der Waals surface area contributed by atoms with E-state index in [-0.39, 0.29) is 22.3 Å². The average Bonchev–Trinajstić information content (AvgIpc) is 2.67. The summed E-state index contributed by atoms with van der Waals surface area (Å²) in [5.41, 5.74) is 3.39. The van der Waals surface area contributed by atoms with Crippen LogP contribution >= 0.6 is 11.8 Å². The van der Waals surface area contributed by atoms with Gasteiger partial charge in [0, 0.05) is 17.8 Å². The van der Waals surface area contributed by atoms with Gasteiger partial charge in [0.15, 0.2) is 0 Å². The van der Waals surface area contributed by atoms with Crippen LogP contribution in [-0.4, -0.2) is 21.4 Å². The molecule has 0 bridgehead atoms. The number of carbonyl (C=O) groups is 2. The third-order valence-corrected chi connectivity index (χ3v) is 4.65. The summed E-state index contributed by atoms with van der Waals surface area (Å²) in [6, 6.07) is 2.15. The van der Waals surface area contributed by atoms with Crippen molar-refractivity contribution >= 4 is 22.9 Å². The van der Waals surface area contributed by atoms with Crippen molar-refractivity contribution in [3.63, 3.8) is 0 Å². The van der Waals surface area contributed by atoms with Crippen LogP contribution < -0.4 is 5.32 Å². The highest BCUT2D eigenvalue weighted by atomic mass is 32.2. The minimum Gasteiger partial charge on any atom is -0.286 e. The Bertz CT molecular complexity index is 530. The van der Waals surface area contributed by atoms with Crippen molar-refractivity contribution in [1.29, 1.82) is 0 Å². The summed E-state index contributed by atoms with van der Waals surface area (Å²) in [5.74, 6) is -0.0870. The molecule has 2 aliphatic rings. The van der Waals surface area contributed by atoms with Crippen LogP contribution in [-0.2, 0) is 11.2 Å². The number of nitrogens with one attached hydrogen (secondary N) is 1. The normalized spacial score (nSPS) is 26.9. The van der Waals surface area contributed by atoms with Gasteiger partial charge in [0.1, 0.15) is 5.25 Å². The number of nitrogens with zero attached hydrogens (tertiary/aromatic N) is 1. The Kier molecular flexibility index (Phi) is 2.86. The van der Waals surface area contributed by atoms with Gasteiger partial charge in [-0.05, 0) is 37.3 Å². The fraction of sp³-hybridized carbons (Fsp3) is 0.462. The van der Waals surface area contributed by atoms with Crippen molar-refractivity contribution < 1.29 is 9.59 Å². The van der Waals surface area contributed by atoms with Gasteiger partial charge in [0.2, 0.25) is 5.91 Å². The monoisotopic (exact) mass is 262 g/mol. The van der Waals surface area contributed by atoms with E-state index in [1.807, 2.05) is 13.1 Å². The number of hydrogen-bond acceptors (Lipinski definition) is 4. The highest BCUT2D eigenvalue weighted by Crippen LogP contribution is 2.39. The highest BCUT2D eigenvalue weighted by Gasteiger charge is 2.40. The standard InChI is InChI=1S/C13H14N2O2S/c1-7-5-8-3-2-4-9(10(8)14-6-7)11-12(16)15-13(17)18-11/h5-6,9,11H,2-4H2,1H3,(H,15,16,17)/t9-,11?/m1/s1. The van der Waals surface area contributed by atoms with E-state index >= 15 is 0 Å². The third kappa shape index (κ3) is 1.92. The second-order valence-corrected chi connectivity index (χ2v) is 5.99. The number of pyridine rings is 1. The lowest BCUT2D eigenvalue weighted by Crippen LogP contribution is -2.30. The first-order valence-corrected chi connectivity index (χ1v) is 7.00.